The van der Waals surface area contributed by atoms with Crippen LogP contribution < -0.4 is 11.1 Å². The van der Waals surface area contributed by atoms with Crippen molar-refractivity contribution in [2.75, 3.05) is 6.54 Å². The Bertz CT molecular complexity index is 125. The maximum Gasteiger partial charge on any atom is 0.00792 e. The summed E-state index contributed by atoms with van der Waals surface area (Å²) in [6.07, 6.45) is 5.09. The van der Waals surface area contributed by atoms with E-state index in [0.717, 1.165) is 12.5 Å². The van der Waals surface area contributed by atoms with Gasteiger partial charge in [-0.2, -0.15) is 0 Å². The fourth-order valence-corrected chi connectivity index (χ4v) is 1.82. The van der Waals surface area contributed by atoms with Gasteiger partial charge in [-0.05, 0) is 38.6 Å². The lowest BCUT2D eigenvalue weighted by Crippen LogP contribution is -2.36. The number of nitrogens with two attached hydrogens (primary N) is 1. The van der Waals surface area contributed by atoms with E-state index in [0.29, 0.717) is 12.1 Å². The van der Waals surface area contributed by atoms with Gasteiger partial charge in [0.25, 0.3) is 0 Å². The molecule has 72 valence electrons. The molecule has 0 aromatic carbocycles. The second-order valence-electron chi connectivity index (χ2n) is 4.07. The summed E-state index contributed by atoms with van der Waals surface area (Å²) < 4.78 is 0. The van der Waals surface area contributed by atoms with Crippen molar-refractivity contribution in [2.45, 2.75) is 51.6 Å². The van der Waals surface area contributed by atoms with Crippen LogP contribution in [0, 0.1) is 5.92 Å². The molecule has 3 unspecified atom stereocenters. The molecule has 0 bridgehead atoms. The van der Waals surface area contributed by atoms with E-state index in [1.165, 1.54) is 25.7 Å². The Balaban J connectivity index is 2.13. The van der Waals surface area contributed by atoms with Crippen LogP contribution in [0.3, 0.4) is 0 Å². The highest BCUT2D eigenvalue weighted by Crippen LogP contribution is 2.23. The van der Waals surface area contributed by atoms with Crippen molar-refractivity contribution in [3.05, 3.63) is 0 Å². The van der Waals surface area contributed by atoms with Crippen LogP contribution in [0.2, 0.25) is 0 Å². The summed E-state index contributed by atoms with van der Waals surface area (Å²) in [4.78, 5) is 0. The van der Waals surface area contributed by atoms with Gasteiger partial charge >= 0.3 is 0 Å². The molecule has 0 saturated heterocycles. The summed E-state index contributed by atoms with van der Waals surface area (Å²) in [5.74, 6) is 0.735. The lowest BCUT2D eigenvalue weighted by Gasteiger charge is -2.18. The van der Waals surface area contributed by atoms with Crippen molar-refractivity contribution in [1.82, 2.24) is 5.32 Å². The van der Waals surface area contributed by atoms with Crippen LogP contribution >= 0.6 is 0 Å². The van der Waals surface area contributed by atoms with Gasteiger partial charge in [0.1, 0.15) is 0 Å². The van der Waals surface area contributed by atoms with Gasteiger partial charge in [0.15, 0.2) is 0 Å². The van der Waals surface area contributed by atoms with Crippen LogP contribution in [0.1, 0.15) is 39.5 Å². The number of hydrogen-bond acceptors (Lipinski definition) is 2. The minimum Gasteiger partial charge on any atom is -0.327 e. The molecule has 0 aromatic rings. The molecule has 0 radical (unpaired) electrons. The van der Waals surface area contributed by atoms with Gasteiger partial charge in [-0.3, -0.25) is 0 Å². The molecule has 0 spiro atoms. The molecule has 0 aromatic heterocycles. The van der Waals surface area contributed by atoms with Gasteiger partial charge in [-0.25, -0.2) is 0 Å². The first-order valence-electron chi connectivity index (χ1n) is 5.23. The summed E-state index contributed by atoms with van der Waals surface area (Å²) in [6.45, 7) is 5.57. The van der Waals surface area contributed by atoms with Crippen LogP contribution in [-0.2, 0) is 0 Å². The molecule has 0 amide bonds. The monoisotopic (exact) mass is 170 g/mol. The zero-order valence-electron chi connectivity index (χ0n) is 8.34. The first-order valence-corrected chi connectivity index (χ1v) is 5.23. The van der Waals surface area contributed by atoms with Crippen molar-refractivity contribution in [2.24, 2.45) is 11.7 Å². The van der Waals surface area contributed by atoms with Gasteiger partial charge in [-0.1, -0.05) is 13.3 Å². The van der Waals surface area contributed by atoms with E-state index < -0.39 is 0 Å². The van der Waals surface area contributed by atoms with Crippen molar-refractivity contribution in [1.29, 1.82) is 0 Å². The first kappa shape index (κ1) is 10.0. The lowest BCUT2D eigenvalue weighted by atomic mass is 10.0. The second-order valence-corrected chi connectivity index (χ2v) is 4.07. The molecule has 1 aliphatic rings. The zero-order valence-corrected chi connectivity index (χ0v) is 8.34. The van der Waals surface area contributed by atoms with E-state index >= 15 is 0 Å². The lowest BCUT2D eigenvalue weighted by molar-refractivity contribution is 0.408. The molecule has 3 atom stereocenters. The van der Waals surface area contributed by atoms with Crippen molar-refractivity contribution >= 4 is 0 Å². The quantitative estimate of drug-likeness (QED) is 0.671. The van der Waals surface area contributed by atoms with E-state index in [2.05, 4.69) is 19.2 Å². The molecule has 1 rings (SSSR count). The molecule has 1 saturated carbocycles. The topological polar surface area (TPSA) is 38.0 Å². The van der Waals surface area contributed by atoms with Crippen LogP contribution in [0.15, 0.2) is 0 Å². The molecule has 12 heavy (non-hydrogen) atoms. The van der Waals surface area contributed by atoms with E-state index in [4.69, 9.17) is 5.73 Å². The third-order valence-electron chi connectivity index (χ3n) is 3.06. The molecule has 3 N–H and O–H groups in total. The molecular weight excluding hydrogens is 148 g/mol. The van der Waals surface area contributed by atoms with Crippen LogP contribution in [-0.4, -0.2) is 18.6 Å². The van der Waals surface area contributed by atoms with E-state index in [9.17, 15) is 0 Å². The fourth-order valence-electron chi connectivity index (χ4n) is 1.82. The number of nitrogens with one attached hydrogen (secondary N) is 1. The average molecular weight is 170 g/mol. The molecule has 2 heteroatoms. The van der Waals surface area contributed by atoms with Gasteiger partial charge in [0, 0.05) is 12.1 Å². The van der Waals surface area contributed by atoms with Gasteiger partial charge in [-0.15, -0.1) is 0 Å². The largest absolute Gasteiger partial charge is 0.327 e. The van der Waals surface area contributed by atoms with Gasteiger partial charge in [0.05, 0.1) is 0 Å². The Morgan fingerprint density at radius 3 is 2.75 bits per heavy atom. The van der Waals surface area contributed by atoms with Crippen molar-refractivity contribution in [3.63, 3.8) is 0 Å². The molecule has 1 fully saturated rings. The highest BCUT2D eigenvalue weighted by Gasteiger charge is 2.23. The maximum absolute atomic E-state index is 5.97. The fraction of sp³-hybridized carbons (Fsp3) is 1.00. The van der Waals surface area contributed by atoms with E-state index in [1.54, 1.807) is 0 Å². The standard InChI is InChI=1S/C10H22N2/c1-3-8(2)12-7-9-5-4-6-10(9)11/h8-10,12H,3-7,11H2,1-2H3. The summed E-state index contributed by atoms with van der Waals surface area (Å²) in [5, 5.41) is 3.52. The Morgan fingerprint density at radius 2 is 2.25 bits per heavy atom. The average Bonchev–Trinajstić information content (AvgIpc) is 2.47. The van der Waals surface area contributed by atoms with E-state index in [1.807, 2.05) is 0 Å². The predicted octanol–water partition coefficient (Wildman–Crippen LogP) is 1.50. The van der Waals surface area contributed by atoms with E-state index in [-0.39, 0.29) is 0 Å². The van der Waals surface area contributed by atoms with Crippen LogP contribution in [0.5, 0.6) is 0 Å². The number of hydrogen-bond donors (Lipinski definition) is 2. The SMILES string of the molecule is CCC(C)NCC1CCCC1N. The minimum absolute atomic E-state index is 0.460. The van der Waals surface area contributed by atoms with Crippen molar-refractivity contribution in [3.8, 4) is 0 Å². The number of rotatable bonds is 4. The third-order valence-corrected chi connectivity index (χ3v) is 3.06. The normalized spacial score (nSPS) is 32.2. The first-order chi connectivity index (χ1) is 5.74. The Labute approximate surface area is 75.9 Å². The van der Waals surface area contributed by atoms with Gasteiger partial charge in [0.2, 0.25) is 0 Å². The zero-order chi connectivity index (χ0) is 8.97. The molecule has 0 heterocycles. The Morgan fingerprint density at radius 1 is 1.50 bits per heavy atom. The molecule has 2 nitrogen and oxygen atoms in total. The highest BCUT2D eigenvalue weighted by atomic mass is 14.9. The molecule has 0 aliphatic heterocycles. The maximum atomic E-state index is 5.97. The second kappa shape index (κ2) is 4.83. The minimum atomic E-state index is 0.460. The summed E-state index contributed by atoms with van der Waals surface area (Å²) >= 11 is 0. The summed E-state index contributed by atoms with van der Waals surface area (Å²) in [7, 11) is 0. The predicted molar refractivity (Wildman–Crippen MR) is 53.1 cm³/mol. The Kier molecular flexibility index (Phi) is 4.02. The third kappa shape index (κ3) is 2.76. The van der Waals surface area contributed by atoms with Crippen LogP contribution in [0.25, 0.3) is 0 Å². The summed E-state index contributed by atoms with van der Waals surface area (Å²) in [5.41, 5.74) is 5.97. The molecule has 1 aliphatic carbocycles. The smallest absolute Gasteiger partial charge is 0.00792 e. The molecular formula is C10H22N2. The highest BCUT2D eigenvalue weighted by molar-refractivity contribution is 4.82. The Hall–Kier alpha value is -0.0800. The van der Waals surface area contributed by atoms with Crippen molar-refractivity contribution < 1.29 is 0 Å². The van der Waals surface area contributed by atoms with Gasteiger partial charge < -0.3 is 11.1 Å². The summed E-state index contributed by atoms with van der Waals surface area (Å²) in [6, 6.07) is 1.11. The van der Waals surface area contributed by atoms with Crippen LogP contribution in [0.4, 0.5) is 0 Å².